The number of hydrogen-bond acceptors (Lipinski definition) is 3. The molecule has 1 heterocycles. The number of rotatable bonds is 6. The molecule has 8 heteroatoms. The molecule has 1 fully saturated rings. The van der Waals surface area contributed by atoms with Crippen molar-refractivity contribution in [3.63, 3.8) is 0 Å². The molecule has 0 amide bonds. The van der Waals surface area contributed by atoms with E-state index in [0.717, 1.165) is 17.8 Å². The van der Waals surface area contributed by atoms with Crippen LogP contribution in [-0.2, 0) is 17.6 Å². The van der Waals surface area contributed by atoms with Gasteiger partial charge in [-0.2, -0.15) is 13.2 Å². The third-order valence-electron chi connectivity index (χ3n) is 5.37. The molecule has 0 radical (unpaired) electrons. The molecule has 1 N–H and O–H groups in total. The molecule has 1 aliphatic rings. The third-order valence-corrected chi connectivity index (χ3v) is 5.37. The monoisotopic (exact) mass is 445 g/mol. The molecule has 0 atom stereocenters. The zero-order valence-electron chi connectivity index (χ0n) is 16.8. The molecule has 3 aromatic rings. The fourth-order valence-electron chi connectivity index (χ4n) is 3.52. The molecular formula is C24H19F4NO3. The molecule has 32 heavy (non-hydrogen) atoms. The Labute approximate surface area is 181 Å². The zero-order chi connectivity index (χ0) is 22.9. The minimum Gasteiger partial charge on any atom is -0.488 e. The molecule has 1 aliphatic heterocycles. The fraction of sp³-hybridized carbons (Fsp3) is 0.208. The summed E-state index contributed by atoms with van der Waals surface area (Å²) < 4.78 is 59.0. The molecule has 0 aromatic heterocycles. The summed E-state index contributed by atoms with van der Waals surface area (Å²) in [5.74, 6) is -1.46. The molecule has 0 saturated carbocycles. The van der Waals surface area contributed by atoms with Gasteiger partial charge >= 0.3 is 12.1 Å². The first kappa shape index (κ1) is 21.7. The lowest BCUT2D eigenvalue weighted by Crippen LogP contribution is -2.50. The Bertz CT molecular complexity index is 1120. The van der Waals surface area contributed by atoms with Crippen LogP contribution in [0.3, 0.4) is 0 Å². The second-order valence-corrected chi connectivity index (χ2v) is 7.61. The molecular weight excluding hydrogens is 426 g/mol. The van der Waals surface area contributed by atoms with Crippen LogP contribution in [0.15, 0.2) is 66.7 Å². The van der Waals surface area contributed by atoms with Gasteiger partial charge in [-0.25, -0.2) is 4.39 Å². The summed E-state index contributed by atoms with van der Waals surface area (Å²) in [6.45, 7) is 0.745. The van der Waals surface area contributed by atoms with E-state index < -0.39 is 29.4 Å². The van der Waals surface area contributed by atoms with Gasteiger partial charge in [-0.05, 0) is 53.6 Å². The minimum atomic E-state index is -4.52. The number of nitrogens with zero attached hydrogens (tertiary/aromatic N) is 1. The summed E-state index contributed by atoms with van der Waals surface area (Å²) in [5.41, 5.74) is 1.37. The molecule has 0 unspecified atom stereocenters. The van der Waals surface area contributed by atoms with Crippen LogP contribution in [0.25, 0.3) is 11.1 Å². The smallest absolute Gasteiger partial charge is 0.416 e. The van der Waals surface area contributed by atoms with E-state index in [2.05, 4.69) is 0 Å². The highest BCUT2D eigenvalue weighted by Crippen LogP contribution is 2.39. The highest BCUT2D eigenvalue weighted by atomic mass is 19.4. The lowest BCUT2D eigenvalue weighted by molar-refractivity contribution is -0.142. The Morgan fingerprint density at radius 2 is 1.75 bits per heavy atom. The summed E-state index contributed by atoms with van der Waals surface area (Å²) in [6.07, 6.45) is -4.52. The van der Waals surface area contributed by atoms with Crippen molar-refractivity contribution in [3.05, 3.63) is 83.7 Å². The lowest BCUT2D eigenvalue weighted by atomic mass is 9.97. The van der Waals surface area contributed by atoms with Gasteiger partial charge in [-0.3, -0.25) is 4.79 Å². The van der Waals surface area contributed by atoms with E-state index in [-0.39, 0.29) is 17.9 Å². The Hall–Kier alpha value is -3.55. The van der Waals surface area contributed by atoms with Gasteiger partial charge in [-0.1, -0.05) is 24.3 Å². The normalized spacial score (nSPS) is 14.2. The first-order valence-electron chi connectivity index (χ1n) is 9.87. The molecule has 0 spiro atoms. The van der Waals surface area contributed by atoms with Crippen molar-refractivity contribution in [2.45, 2.75) is 12.8 Å². The zero-order valence-corrected chi connectivity index (χ0v) is 16.8. The number of alkyl halides is 3. The van der Waals surface area contributed by atoms with E-state index >= 15 is 0 Å². The highest BCUT2D eigenvalue weighted by molar-refractivity contribution is 5.77. The predicted octanol–water partition coefficient (Wildman–Crippen LogP) is 5.61. The molecule has 4 rings (SSSR count). The van der Waals surface area contributed by atoms with Gasteiger partial charge in [0, 0.05) is 24.3 Å². The Morgan fingerprint density at radius 3 is 2.41 bits per heavy atom. The van der Waals surface area contributed by atoms with Crippen LogP contribution in [0, 0.1) is 11.7 Å². The topological polar surface area (TPSA) is 49.8 Å². The van der Waals surface area contributed by atoms with E-state index in [0.29, 0.717) is 24.2 Å². The Balaban J connectivity index is 1.64. The van der Waals surface area contributed by atoms with Crippen LogP contribution >= 0.6 is 0 Å². The summed E-state index contributed by atoms with van der Waals surface area (Å²) in [4.78, 5) is 12.9. The first-order chi connectivity index (χ1) is 15.2. The fourth-order valence-corrected chi connectivity index (χ4v) is 3.52. The number of carbonyl (C=O) groups is 1. The number of benzene rings is 3. The van der Waals surface area contributed by atoms with Crippen LogP contribution in [0.2, 0.25) is 0 Å². The van der Waals surface area contributed by atoms with E-state index in [4.69, 9.17) is 9.84 Å². The van der Waals surface area contributed by atoms with E-state index in [9.17, 15) is 22.4 Å². The number of halogens is 4. The molecule has 4 nitrogen and oxygen atoms in total. The number of anilines is 1. The van der Waals surface area contributed by atoms with E-state index in [1.165, 1.54) is 18.2 Å². The second kappa shape index (κ2) is 8.53. The summed E-state index contributed by atoms with van der Waals surface area (Å²) in [6, 6.07) is 15.8. The molecule has 0 bridgehead atoms. The number of carboxylic acid groups (broad SMARTS) is 1. The third kappa shape index (κ3) is 4.69. The predicted molar refractivity (Wildman–Crippen MR) is 111 cm³/mol. The van der Waals surface area contributed by atoms with Crippen molar-refractivity contribution in [2.75, 3.05) is 18.0 Å². The van der Waals surface area contributed by atoms with Gasteiger partial charge in [0.25, 0.3) is 0 Å². The molecule has 1 saturated heterocycles. The van der Waals surface area contributed by atoms with Gasteiger partial charge in [0.15, 0.2) is 0 Å². The average Bonchev–Trinajstić information content (AvgIpc) is 2.71. The number of ether oxygens (including phenoxy) is 1. The number of carboxylic acids is 1. The van der Waals surface area contributed by atoms with Crippen LogP contribution in [0.1, 0.15) is 11.1 Å². The first-order valence-corrected chi connectivity index (χ1v) is 9.87. The van der Waals surface area contributed by atoms with Gasteiger partial charge < -0.3 is 14.7 Å². The van der Waals surface area contributed by atoms with E-state index in [1.54, 1.807) is 36.4 Å². The average molecular weight is 445 g/mol. The van der Waals surface area contributed by atoms with Crippen molar-refractivity contribution in [1.29, 1.82) is 0 Å². The van der Waals surface area contributed by atoms with Crippen molar-refractivity contribution in [3.8, 4) is 16.9 Å². The number of hydrogen-bond donors (Lipinski definition) is 1. The van der Waals surface area contributed by atoms with Crippen LogP contribution < -0.4 is 9.64 Å². The van der Waals surface area contributed by atoms with Crippen molar-refractivity contribution >= 4 is 11.7 Å². The Morgan fingerprint density at radius 1 is 1.03 bits per heavy atom. The van der Waals surface area contributed by atoms with Crippen LogP contribution in [0.4, 0.5) is 23.2 Å². The summed E-state index contributed by atoms with van der Waals surface area (Å²) in [5, 5.41) is 9.07. The van der Waals surface area contributed by atoms with E-state index in [1.807, 2.05) is 4.90 Å². The van der Waals surface area contributed by atoms with Crippen molar-refractivity contribution in [2.24, 2.45) is 5.92 Å². The minimum absolute atomic E-state index is 0.0603. The Kier molecular flexibility index (Phi) is 5.78. The van der Waals surface area contributed by atoms with Crippen molar-refractivity contribution < 1.29 is 32.2 Å². The SMILES string of the molecule is O=C(O)C1CN(c2cccc(-c3cc(C(F)(F)F)ccc3OCc3ccc(F)cc3)c2)C1. The molecule has 3 aromatic carbocycles. The lowest BCUT2D eigenvalue weighted by Gasteiger charge is -2.38. The van der Waals surface area contributed by atoms with Gasteiger partial charge in [0.05, 0.1) is 11.5 Å². The maximum Gasteiger partial charge on any atom is 0.416 e. The van der Waals surface area contributed by atoms with Crippen molar-refractivity contribution in [1.82, 2.24) is 0 Å². The van der Waals surface area contributed by atoms with Crippen LogP contribution in [-0.4, -0.2) is 24.2 Å². The summed E-state index contributed by atoms with van der Waals surface area (Å²) >= 11 is 0. The second-order valence-electron chi connectivity index (χ2n) is 7.61. The molecule has 0 aliphatic carbocycles. The highest BCUT2D eigenvalue weighted by Gasteiger charge is 2.33. The largest absolute Gasteiger partial charge is 0.488 e. The number of aliphatic carboxylic acids is 1. The summed E-state index contributed by atoms with van der Waals surface area (Å²) in [7, 11) is 0. The van der Waals surface area contributed by atoms with Gasteiger partial charge in [0.1, 0.15) is 18.2 Å². The van der Waals surface area contributed by atoms with Gasteiger partial charge in [0.2, 0.25) is 0 Å². The quantitative estimate of drug-likeness (QED) is 0.501. The van der Waals surface area contributed by atoms with Crippen LogP contribution in [0.5, 0.6) is 5.75 Å². The van der Waals surface area contributed by atoms with Gasteiger partial charge in [-0.15, -0.1) is 0 Å². The standard InChI is InChI=1S/C24H19F4NO3/c25-19-7-4-15(5-8-19)14-32-22-9-6-18(24(26,27)28)11-21(22)16-2-1-3-20(10-16)29-12-17(13-29)23(30)31/h1-11,17H,12-14H2,(H,30,31). The molecule has 166 valence electrons. The maximum atomic E-state index is 13.4. The maximum absolute atomic E-state index is 13.4.